The van der Waals surface area contributed by atoms with E-state index in [2.05, 4.69) is 20.8 Å². The monoisotopic (exact) mass is 484 g/mol. The quantitative estimate of drug-likeness (QED) is 0.447. The molecule has 2 amide bonds. The summed E-state index contributed by atoms with van der Waals surface area (Å²) in [5, 5.41) is 14.9. The van der Waals surface area contributed by atoms with Crippen molar-refractivity contribution in [2.24, 2.45) is 5.92 Å². The molecule has 2 N–H and O–H groups in total. The van der Waals surface area contributed by atoms with E-state index in [0.29, 0.717) is 28.1 Å². The third-order valence-electron chi connectivity index (χ3n) is 5.43. The highest BCUT2D eigenvalue weighted by Gasteiger charge is 2.29. The van der Waals surface area contributed by atoms with Gasteiger partial charge in [0.1, 0.15) is 33.9 Å². The molecule has 2 aromatic carbocycles. The van der Waals surface area contributed by atoms with Gasteiger partial charge in [-0.25, -0.2) is 0 Å². The number of benzene rings is 2. The van der Waals surface area contributed by atoms with Crippen LogP contribution in [0.25, 0.3) is 10.6 Å². The van der Waals surface area contributed by atoms with E-state index in [-0.39, 0.29) is 17.4 Å². The predicted molar refractivity (Wildman–Crippen MR) is 131 cm³/mol. The second kappa shape index (κ2) is 11.5. The minimum atomic E-state index is -0.805. The molecule has 10 heteroatoms. The topological polar surface area (TPSA) is 112 Å². The summed E-state index contributed by atoms with van der Waals surface area (Å²) in [4.78, 5) is 26.3. The Kier molecular flexibility index (Phi) is 8.42. The number of nitrogens with one attached hydrogen (secondary N) is 2. The number of anilines is 1. The Morgan fingerprint density at radius 3 is 2.18 bits per heavy atom. The molecular formula is C24H28N4O5S. The van der Waals surface area contributed by atoms with E-state index >= 15 is 0 Å². The second-order valence-corrected chi connectivity index (χ2v) is 8.48. The smallest absolute Gasteiger partial charge is 0.259 e. The first-order valence-electron chi connectivity index (χ1n) is 10.7. The normalized spacial score (nSPS) is 12.4. The Labute approximate surface area is 202 Å². The van der Waals surface area contributed by atoms with E-state index < -0.39 is 11.9 Å². The zero-order chi connectivity index (χ0) is 24.7. The average Bonchev–Trinajstić information content (AvgIpc) is 3.34. The maximum absolute atomic E-state index is 13.2. The molecule has 0 radical (unpaired) electrons. The summed E-state index contributed by atoms with van der Waals surface area (Å²) in [6, 6.07) is 11.6. The maximum Gasteiger partial charge on any atom is 0.259 e. The summed E-state index contributed by atoms with van der Waals surface area (Å²) in [5.41, 5.74) is 1.08. The lowest BCUT2D eigenvalue weighted by Crippen LogP contribution is -2.47. The Morgan fingerprint density at radius 2 is 1.62 bits per heavy atom. The Morgan fingerprint density at radius 1 is 0.971 bits per heavy atom. The standard InChI is InChI=1S/C24H28N4O5S/c1-6-14(2)20(25-21(29)19-17(32-4)8-7-9-18(19)33-5)22(30)26-24-28-27-23(34-24)15-10-12-16(31-3)13-11-15/h7-14,20H,6H2,1-5H3,(H,25,29)(H,26,28,30). The van der Waals surface area contributed by atoms with Gasteiger partial charge in [-0.15, -0.1) is 10.2 Å². The van der Waals surface area contributed by atoms with Crippen molar-refractivity contribution in [3.05, 3.63) is 48.0 Å². The summed E-state index contributed by atoms with van der Waals surface area (Å²) in [7, 11) is 4.55. The maximum atomic E-state index is 13.2. The molecule has 9 nitrogen and oxygen atoms in total. The highest BCUT2D eigenvalue weighted by molar-refractivity contribution is 7.18. The molecule has 0 spiro atoms. The molecule has 0 saturated heterocycles. The lowest BCUT2D eigenvalue weighted by molar-refractivity contribution is -0.119. The molecule has 3 rings (SSSR count). The number of nitrogens with zero attached hydrogens (tertiary/aromatic N) is 2. The van der Waals surface area contributed by atoms with E-state index in [0.717, 1.165) is 11.3 Å². The lowest BCUT2D eigenvalue weighted by Gasteiger charge is -2.24. The first-order valence-corrected chi connectivity index (χ1v) is 11.5. The van der Waals surface area contributed by atoms with E-state index in [9.17, 15) is 9.59 Å². The van der Waals surface area contributed by atoms with Crippen molar-refractivity contribution in [2.75, 3.05) is 26.6 Å². The van der Waals surface area contributed by atoms with Crippen molar-refractivity contribution in [1.82, 2.24) is 15.5 Å². The van der Waals surface area contributed by atoms with Gasteiger partial charge in [0, 0.05) is 5.56 Å². The number of hydrogen-bond donors (Lipinski definition) is 2. The predicted octanol–water partition coefficient (Wildman–Crippen LogP) is 4.01. The van der Waals surface area contributed by atoms with Crippen LogP contribution in [0.3, 0.4) is 0 Å². The van der Waals surface area contributed by atoms with Gasteiger partial charge in [-0.3, -0.25) is 14.9 Å². The van der Waals surface area contributed by atoms with Gasteiger partial charge in [-0.1, -0.05) is 37.7 Å². The van der Waals surface area contributed by atoms with E-state index in [1.807, 2.05) is 38.1 Å². The highest BCUT2D eigenvalue weighted by Crippen LogP contribution is 2.30. The first kappa shape index (κ1) is 25.0. The number of rotatable bonds is 10. The van der Waals surface area contributed by atoms with E-state index in [1.165, 1.54) is 25.6 Å². The van der Waals surface area contributed by atoms with Crippen molar-refractivity contribution in [3.8, 4) is 27.8 Å². The second-order valence-electron chi connectivity index (χ2n) is 7.50. The van der Waals surface area contributed by atoms with Crippen molar-refractivity contribution < 1.29 is 23.8 Å². The van der Waals surface area contributed by atoms with Crippen LogP contribution in [0.5, 0.6) is 17.2 Å². The fourth-order valence-corrected chi connectivity index (χ4v) is 4.05. The van der Waals surface area contributed by atoms with Gasteiger partial charge in [0.25, 0.3) is 5.91 Å². The molecule has 0 aliphatic heterocycles. The molecule has 0 saturated carbocycles. The van der Waals surface area contributed by atoms with Gasteiger partial charge in [-0.2, -0.15) is 0 Å². The molecule has 1 heterocycles. The van der Waals surface area contributed by atoms with Crippen molar-refractivity contribution in [1.29, 1.82) is 0 Å². The number of ether oxygens (including phenoxy) is 3. The third-order valence-corrected chi connectivity index (χ3v) is 6.32. The van der Waals surface area contributed by atoms with Crippen LogP contribution in [0.4, 0.5) is 5.13 Å². The number of amides is 2. The van der Waals surface area contributed by atoms with Gasteiger partial charge < -0.3 is 19.5 Å². The fraction of sp³-hybridized carbons (Fsp3) is 0.333. The molecular weight excluding hydrogens is 456 g/mol. The first-order chi connectivity index (χ1) is 16.4. The van der Waals surface area contributed by atoms with Gasteiger partial charge >= 0.3 is 0 Å². The van der Waals surface area contributed by atoms with Gasteiger partial charge in [0.15, 0.2) is 0 Å². The van der Waals surface area contributed by atoms with Crippen molar-refractivity contribution in [2.45, 2.75) is 26.3 Å². The lowest BCUT2D eigenvalue weighted by atomic mass is 9.97. The summed E-state index contributed by atoms with van der Waals surface area (Å²) in [6.07, 6.45) is 0.675. The SMILES string of the molecule is CCC(C)C(NC(=O)c1c(OC)cccc1OC)C(=O)Nc1nnc(-c2ccc(OC)cc2)s1. The van der Waals surface area contributed by atoms with Crippen LogP contribution in [0.2, 0.25) is 0 Å². The summed E-state index contributed by atoms with van der Waals surface area (Å²) >= 11 is 1.24. The highest BCUT2D eigenvalue weighted by atomic mass is 32.1. The third kappa shape index (κ3) is 5.63. The molecule has 2 unspecified atom stereocenters. The molecule has 2 atom stereocenters. The Balaban J connectivity index is 1.78. The fourth-order valence-electron chi connectivity index (χ4n) is 3.30. The summed E-state index contributed by atoms with van der Waals surface area (Å²) in [6.45, 7) is 3.85. The largest absolute Gasteiger partial charge is 0.497 e. The molecule has 180 valence electrons. The molecule has 0 fully saturated rings. The van der Waals surface area contributed by atoms with Crippen LogP contribution >= 0.6 is 11.3 Å². The number of aromatic nitrogens is 2. The minimum absolute atomic E-state index is 0.140. The van der Waals surface area contributed by atoms with Crippen LogP contribution in [-0.4, -0.2) is 49.4 Å². The van der Waals surface area contributed by atoms with E-state index in [1.54, 1.807) is 25.3 Å². The van der Waals surface area contributed by atoms with Crippen LogP contribution in [0.1, 0.15) is 30.6 Å². The van der Waals surface area contributed by atoms with Crippen LogP contribution < -0.4 is 24.8 Å². The number of carbonyl (C=O) groups excluding carboxylic acids is 2. The van der Waals surface area contributed by atoms with Gasteiger partial charge in [0.2, 0.25) is 11.0 Å². The molecule has 3 aromatic rings. The average molecular weight is 485 g/mol. The van der Waals surface area contributed by atoms with Crippen LogP contribution in [-0.2, 0) is 4.79 Å². The number of methoxy groups -OCH3 is 3. The summed E-state index contributed by atoms with van der Waals surface area (Å²) < 4.78 is 15.8. The number of hydrogen-bond acceptors (Lipinski definition) is 8. The Hall–Kier alpha value is -3.66. The van der Waals surface area contributed by atoms with E-state index in [4.69, 9.17) is 14.2 Å². The summed E-state index contributed by atoms with van der Waals surface area (Å²) in [5.74, 6) is 0.459. The minimum Gasteiger partial charge on any atom is -0.497 e. The molecule has 0 bridgehead atoms. The van der Waals surface area contributed by atoms with Gasteiger partial charge in [-0.05, 0) is 42.3 Å². The zero-order valence-corrected chi connectivity index (χ0v) is 20.6. The molecule has 1 aromatic heterocycles. The number of carbonyl (C=O) groups is 2. The Bertz CT molecular complexity index is 1110. The molecule has 0 aliphatic carbocycles. The van der Waals surface area contributed by atoms with Gasteiger partial charge in [0.05, 0.1) is 21.3 Å². The van der Waals surface area contributed by atoms with Crippen molar-refractivity contribution >= 4 is 28.3 Å². The van der Waals surface area contributed by atoms with Crippen LogP contribution in [0, 0.1) is 5.92 Å². The van der Waals surface area contributed by atoms with Crippen molar-refractivity contribution in [3.63, 3.8) is 0 Å². The molecule has 34 heavy (non-hydrogen) atoms. The molecule has 0 aliphatic rings. The zero-order valence-electron chi connectivity index (χ0n) is 19.7. The van der Waals surface area contributed by atoms with Crippen LogP contribution in [0.15, 0.2) is 42.5 Å².